The van der Waals surface area contributed by atoms with Gasteiger partial charge in [-0.05, 0) is 25.3 Å². The number of phenols is 1. The topological polar surface area (TPSA) is 113 Å². The number of aliphatic hydroxyl groups is 2. The molecule has 26 heavy (non-hydrogen) atoms. The maximum atomic E-state index is 13.2. The molecule has 0 bridgehead atoms. The quantitative estimate of drug-likeness (QED) is 0.518. The van der Waals surface area contributed by atoms with Crippen LogP contribution in [-0.4, -0.2) is 53.5 Å². The number of halogens is 2. The van der Waals surface area contributed by atoms with Crippen molar-refractivity contribution in [1.82, 2.24) is 0 Å². The molecule has 0 radical (unpaired) electrons. The molecule has 4 atom stereocenters. The SMILES string of the molecule is COC(=O)C1CC(O)CC(O)C1C(=O)c1c(O)c(Cl)c(C)c(Cl)c1OC. The van der Waals surface area contributed by atoms with Crippen LogP contribution in [0.5, 0.6) is 11.5 Å². The van der Waals surface area contributed by atoms with Crippen molar-refractivity contribution < 1.29 is 34.4 Å². The number of benzene rings is 1. The largest absolute Gasteiger partial charge is 0.505 e. The number of aromatic hydroxyl groups is 1. The number of carbonyl (C=O) groups is 2. The maximum absolute atomic E-state index is 13.2. The Morgan fingerprint density at radius 2 is 1.73 bits per heavy atom. The molecule has 1 aliphatic carbocycles. The Balaban J connectivity index is 2.61. The van der Waals surface area contributed by atoms with Gasteiger partial charge in [0.25, 0.3) is 0 Å². The van der Waals surface area contributed by atoms with Crippen LogP contribution in [0.1, 0.15) is 28.8 Å². The Morgan fingerprint density at radius 3 is 2.27 bits per heavy atom. The summed E-state index contributed by atoms with van der Waals surface area (Å²) in [5.41, 5.74) is 0.00538. The third kappa shape index (κ3) is 3.49. The van der Waals surface area contributed by atoms with Crippen molar-refractivity contribution in [1.29, 1.82) is 0 Å². The van der Waals surface area contributed by atoms with Crippen LogP contribution in [0.15, 0.2) is 0 Å². The summed E-state index contributed by atoms with van der Waals surface area (Å²) in [4.78, 5) is 25.2. The van der Waals surface area contributed by atoms with Gasteiger partial charge in [0.15, 0.2) is 11.5 Å². The molecule has 1 aromatic carbocycles. The Bertz CT molecular complexity index is 735. The molecule has 0 aliphatic heterocycles. The molecular formula is C17H20Cl2O7. The normalized spacial score (nSPS) is 25.7. The first-order valence-electron chi connectivity index (χ1n) is 7.88. The minimum absolute atomic E-state index is 0.0404. The number of aliphatic hydroxyl groups excluding tert-OH is 2. The summed E-state index contributed by atoms with van der Waals surface area (Å²) >= 11 is 12.2. The van der Waals surface area contributed by atoms with Gasteiger partial charge < -0.3 is 24.8 Å². The van der Waals surface area contributed by atoms with Crippen LogP contribution >= 0.6 is 23.2 Å². The number of ether oxygens (including phenoxy) is 2. The van der Waals surface area contributed by atoms with Crippen LogP contribution in [0.3, 0.4) is 0 Å². The second-order valence-electron chi connectivity index (χ2n) is 6.22. The lowest BCUT2D eigenvalue weighted by molar-refractivity contribution is -0.153. The average Bonchev–Trinajstić information content (AvgIpc) is 2.60. The van der Waals surface area contributed by atoms with E-state index in [1.54, 1.807) is 6.92 Å². The van der Waals surface area contributed by atoms with E-state index in [2.05, 4.69) is 0 Å². The zero-order valence-electron chi connectivity index (χ0n) is 14.5. The molecule has 1 aromatic rings. The molecule has 9 heteroatoms. The van der Waals surface area contributed by atoms with Gasteiger partial charge in [0.05, 0.1) is 48.3 Å². The highest BCUT2D eigenvalue weighted by Gasteiger charge is 2.47. The van der Waals surface area contributed by atoms with Gasteiger partial charge in [-0.2, -0.15) is 0 Å². The molecule has 0 heterocycles. The van der Waals surface area contributed by atoms with Crippen molar-refractivity contribution in [2.24, 2.45) is 11.8 Å². The van der Waals surface area contributed by atoms with Crippen molar-refractivity contribution in [3.63, 3.8) is 0 Å². The highest BCUT2D eigenvalue weighted by Crippen LogP contribution is 2.46. The van der Waals surface area contributed by atoms with E-state index in [0.29, 0.717) is 5.56 Å². The minimum atomic E-state index is -1.32. The van der Waals surface area contributed by atoms with Gasteiger partial charge in [0.2, 0.25) is 0 Å². The van der Waals surface area contributed by atoms with Gasteiger partial charge in [-0.1, -0.05) is 23.2 Å². The number of esters is 1. The number of hydrogen-bond acceptors (Lipinski definition) is 7. The van der Waals surface area contributed by atoms with E-state index in [4.69, 9.17) is 32.7 Å². The first kappa shape index (κ1) is 20.8. The van der Waals surface area contributed by atoms with Gasteiger partial charge in [-0.25, -0.2) is 0 Å². The van der Waals surface area contributed by atoms with E-state index in [1.165, 1.54) is 7.11 Å². The molecule has 4 unspecified atom stereocenters. The molecule has 7 nitrogen and oxygen atoms in total. The highest BCUT2D eigenvalue weighted by atomic mass is 35.5. The summed E-state index contributed by atoms with van der Waals surface area (Å²) < 4.78 is 9.86. The molecule has 1 saturated carbocycles. The predicted molar refractivity (Wildman–Crippen MR) is 94.0 cm³/mol. The summed E-state index contributed by atoms with van der Waals surface area (Å²) in [5.74, 6) is -4.49. The Hall–Kier alpha value is -1.54. The number of hydrogen-bond donors (Lipinski definition) is 3. The molecule has 0 aromatic heterocycles. The highest BCUT2D eigenvalue weighted by molar-refractivity contribution is 6.39. The van der Waals surface area contributed by atoms with Crippen LogP contribution in [0.25, 0.3) is 0 Å². The monoisotopic (exact) mass is 406 g/mol. The van der Waals surface area contributed by atoms with Gasteiger partial charge in [-0.15, -0.1) is 0 Å². The van der Waals surface area contributed by atoms with Crippen molar-refractivity contribution in [2.45, 2.75) is 32.0 Å². The van der Waals surface area contributed by atoms with Crippen molar-refractivity contribution >= 4 is 35.0 Å². The molecule has 0 amide bonds. The van der Waals surface area contributed by atoms with Crippen molar-refractivity contribution in [3.8, 4) is 11.5 Å². The lowest BCUT2D eigenvalue weighted by Crippen LogP contribution is -2.46. The predicted octanol–water partition coefficient (Wildman–Crippen LogP) is 2.12. The second-order valence-corrected chi connectivity index (χ2v) is 6.98. The molecule has 1 fully saturated rings. The first-order chi connectivity index (χ1) is 12.1. The van der Waals surface area contributed by atoms with Gasteiger partial charge in [-0.3, -0.25) is 9.59 Å². The van der Waals surface area contributed by atoms with Crippen molar-refractivity contribution in [3.05, 3.63) is 21.2 Å². The minimum Gasteiger partial charge on any atom is -0.505 e. The Kier molecular flexibility index (Phi) is 6.39. The number of methoxy groups -OCH3 is 2. The van der Waals surface area contributed by atoms with Crippen LogP contribution in [0, 0.1) is 18.8 Å². The maximum Gasteiger partial charge on any atom is 0.309 e. The van der Waals surface area contributed by atoms with Crippen molar-refractivity contribution in [2.75, 3.05) is 14.2 Å². The lowest BCUT2D eigenvalue weighted by atomic mass is 9.72. The van der Waals surface area contributed by atoms with Crippen LogP contribution < -0.4 is 4.74 Å². The average molecular weight is 407 g/mol. The van der Waals surface area contributed by atoms with Crippen LogP contribution in [-0.2, 0) is 9.53 Å². The number of phenolic OH excluding ortho intramolecular Hbond substituents is 1. The second kappa shape index (κ2) is 8.00. The zero-order valence-corrected chi connectivity index (χ0v) is 16.0. The van der Waals surface area contributed by atoms with Gasteiger partial charge >= 0.3 is 5.97 Å². The molecule has 2 rings (SSSR count). The van der Waals surface area contributed by atoms with E-state index in [9.17, 15) is 24.9 Å². The summed E-state index contributed by atoms with van der Waals surface area (Å²) in [6.45, 7) is 1.55. The van der Waals surface area contributed by atoms with Gasteiger partial charge in [0.1, 0.15) is 11.3 Å². The lowest BCUT2D eigenvalue weighted by Gasteiger charge is -2.35. The third-order valence-corrected chi connectivity index (χ3v) is 5.59. The third-order valence-electron chi connectivity index (χ3n) is 4.67. The summed E-state index contributed by atoms with van der Waals surface area (Å²) in [7, 11) is 2.42. The smallest absolute Gasteiger partial charge is 0.309 e. The van der Waals surface area contributed by atoms with E-state index in [1.807, 2.05) is 0 Å². The molecule has 144 valence electrons. The van der Waals surface area contributed by atoms with E-state index < -0.39 is 41.5 Å². The number of carbonyl (C=O) groups excluding carboxylic acids is 2. The van der Waals surface area contributed by atoms with E-state index >= 15 is 0 Å². The summed E-state index contributed by atoms with van der Waals surface area (Å²) in [6, 6.07) is 0. The Morgan fingerprint density at radius 1 is 1.12 bits per heavy atom. The fraction of sp³-hybridized carbons (Fsp3) is 0.529. The fourth-order valence-corrected chi connectivity index (χ4v) is 3.84. The first-order valence-corrected chi connectivity index (χ1v) is 8.63. The molecular weight excluding hydrogens is 387 g/mol. The van der Waals surface area contributed by atoms with E-state index in [-0.39, 0.29) is 34.2 Å². The zero-order chi connectivity index (χ0) is 19.8. The van der Waals surface area contributed by atoms with Crippen LogP contribution in [0.2, 0.25) is 10.0 Å². The molecule has 1 aliphatic rings. The fourth-order valence-electron chi connectivity index (χ4n) is 3.34. The number of ketones is 1. The van der Waals surface area contributed by atoms with Gasteiger partial charge in [0, 0.05) is 0 Å². The number of rotatable bonds is 4. The number of Topliss-reactive ketones (excluding diaryl/α,β-unsaturated/α-hetero) is 1. The van der Waals surface area contributed by atoms with E-state index in [0.717, 1.165) is 7.11 Å². The summed E-state index contributed by atoms with van der Waals surface area (Å²) in [5, 5.41) is 30.5. The Labute approximate surface area is 160 Å². The standard InChI is InChI=1S/C17H20Cl2O7/c1-6-12(18)15(23)11(16(25-2)13(6)19)14(22)10-8(17(24)26-3)4-7(20)5-9(10)21/h7-10,20-21,23H,4-5H2,1-3H3. The molecule has 3 N–H and O–H groups in total. The molecule has 0 saturated heterocycles. The molecule has 0 spiro atoms. The van der Waals surface area contributed by atoms with Crippen LogP contribution in [0.4, 0.5) is 0 Å². The summed E-state index contributed by atoms with van der Waals surface area (Å²) in [6.07, 6.45) is -2.44.